The molecule has 3 aliphatic rings. The van der Waals surface area contributed by atoms with Gasteiger partial charge in [0.15, 0.2) is 5.96 Å². The Morgan fingerprint density at radius 3 is 2.16 bits per heavy atom. The molecule has 31 heavy (non-hydrogen) atoms. The minimum absolute atomic E-state index is 0. The molecule has 0 spiro atoms. The highest BCUT2D eigenvalue weighted by Gasteiger charge is 2.39. The Labute approximate surface area is 203 Å². The van der Waals surface area contributed by atoms with Crippen molar-refractivity contribution in [2.45, 2.75) is 37.6 Å². The fourth-order valence-corrected chi connectivity index (χ4v) is 5.15. The third kappa shape index (κ3) is 6.01. The number of likely N-dealkylation sites (tertiary alicyclic amines) is 2. The highest BCUT2D eigenvalue weighted by Crippen LogP contribution is 2.31. The Morgan fingerprint density at radius 1 is 0.935 bits per heavy atom. The van der Waals surface area contributed by atoms with Crippen LogP contribution in [0, 0.1) is 5.82 Å². The second kappa shape index (κ2) is 11.1. The highest BCUT2D eigenvalue weighted by molar-refractivity contribution is 14.0. The largest absolute Gasteiger partial charge is 0.370 e. The molecule has 2 N–H and O–H groups in total. The Hall–Kier alpha value is -1.13. The first-order valence-electron chi connectivity index (χ1n) is 11.5. The van der Waals surface area contributed by atoms with Gasteiger partial charge in [-0.25, -0.2) is 4.39 Å². The molecule has 1 aromatic carbocycles. The number of hydrogen-bond donors (Lipinski definition) is 1. The monoisotopic (exact) mass is 544 g/mol. The highest BCUT2D eigenvalue weighted by atomic mass is 127. The van der Waals surface area contributed by atoms with E-state index in [1.165, 1.54) is 57.3 Å². The van der Waals surface area contributed by atoms with Crippen LogP contribution in [0.3, 0.4) is 0 Å². The van der Waals surface area contributed by atoms with Crippen LogP contribution in [0.1, 0.15) is 32.1 Å². The van der Waals surface area contributed by atoms with Gasteiger partial charge < -0.3 is 20.4 Å². The van der Waals surface area contributed by atoms with E-state index >= 15 is 0 Å². The summed E-state index contributed by atoms with van der Waals surface area (Å²) in [5.74, 6) is 0.495. The zero-order chi connectivity index (χ0) is 21.0. The summed E-state index contributed by atoms with van der Waals surface area (Å²) >= 11 is 0. The van der Waals surface area contributed by atoms with E-state index in [0.29, 0.717) is 5.96 Å². The number of anilines is 1. The Bertz CT molecular complexity index is 705. The summed E-state index contributed by atoms with van der Waals surface area (Å²) in [5.41, 5.74) is 7.71. The second-order valence-corrected chi connectivity index (χ2v) is 9.20. The molecule has 0 amide bonds. The van der Waals surface area contributed by atoms with Gasteiger partial charge in [-0.1, -0.05) is 6.42 Å². The van der Waals surface area contributed by atoms with Gasteiger partial charge in [0.25, 0.3) is 0 Å². The lowest BCUT2D eigenvalue weighted by atomic mass is 9.84. The molecule has 3 fully saturated rings. The minimum Gasteiger partial charge on any atom is -0.370 e. The zero-order valence-corrected chi connectivity index (χ0v) is 21.1. The van der Waals surface area contributed by atoms with Crippen molar-refractivity contribution in [1.82, 2.24) is 14.7 Å². The lowest BCUT2D eigenvalue weighted by Crippen LogP contribution is -2.58. The predicted octanol–water partition coefficient (Wildman–Crippen LogP) is 2.83. The van der Waals surface area contributed by atoms with E-state index in [2.05, 4.69) is 26.6 Å². The van der Waals surface area contributed by atoms with E-state index in [1.54, 1.807) is 0 Å². The summed E-state index contributed by atoms with van der Waals surface area (Å²) in [6, 6.07) is 6.76. The quantitative estimate of drug-likeness (QED) is 0.359. The molecule has 0 aromatic heterocycles. The molecule has 3 saturated heterocycles. The number of nitrogens with two attached hydrogens (primary N) is 1. The Kier molecular flexibility index (Phi) is 8.81. The van der Waals surface area contributed by atoms with Gasteiger partial charge in [0.1, 0.15) is 5.82 Å². The van der Waals surface area contributed by atoms with Crippen LogP contribution in [0.25, 0.3) is 0 Å². The van der Waals surface area contributed by atoms with E-state index in [4.69, 9.17) is 10.7 Å². The molecule has 0 bridgehead atoms. The first kappa shape index (κ1) is 24.5. The molecule has 1 aromatic rings. The molecular weight excluding hydrogens is 506 g/mol. The molecule has 0 aliphatic carbocycles. The third-order valence-corrected chi connectivity index (χ3v) is 7.28. The summed E-state index contributed by atoms with van der Waals surface area (Å²) in [7, 11) is 2.22. The molecule has 3 heterocycles. The summed E-state index contributed by atoms with van der Waals surface area (Å²) in [6.45, 7) is 8.96. The number of piperazine rings is 1. The number of guanidine groups is 1. The van der Waals surface area contributed by atoms with Gasteiger partial charge in [0, 0.05) is 37.4 Å². The number of halogens is 2. The van der Waals surface area contributed by atoms with E-state index in [0.717, 1.165) is 51.5 Å². The molecule has 8 heteroatoms. The molecule has 3 aliphatic heterocycles. The maximum atomic E-state index is 13.2. The Morgan fingerprint density at radius 2 is 1.55 bits per heavy atom. The summed E-state index contributed by atoms with van der Waals surface area (Å²) in [5, 5.41) is 0. The number of aliphatic imine (C=N–C) groups is 1. The van der Waals surface area contributed by atoms with Crippen molar-refractivity contribution < 1.29 is 4.39 Å². The van der Waals surface area contributed by atoms with Crippen LogP contribution in [0.15, 0.2) is 29.3 Å². The van der Waals surface area contributed by atoms with E-state index in [9.17, 15) is 4.39 Å². The van der Waals surface area contributed by atoms with Gasteiger partial charge in [0.05, 0.1) is 6.54 Å². The Balaban J connectivity index is 0.00000272. The van der Waals surface area contributed by atoms with Crippen LogP contribution >= 0.6 is 24.0 Å². The first-order chi connectivity index (χ1) is 14.6. The van der Waals surface area contributed by atoms with Crippen LogP contribution in [0.2, 0.25) is 0 Å². The number of piperidine rings is 2. The second-order valence-electron chi connectivity index (χ2n) is 9.20. The van der Waals surface area contributed by atoms with Crippen molar-refractivity contribution in [2.75, 3.05) is 70.9 Å². The molecule has 0 radical (unpaired) electrons. The first-order valence-corrected chi connectivity index (χ1v) is 11.5. The average molecular weight is 545 g/mol. The average Bonchev–Trinajstić information content (AvgIpc) is 2.80. The van der Waals surface area contributed by atoms with Crippen LogP contribution < -0.4 is 10.6 Å². The van der Waals surface area contributed by atoms with Crippen molar-refractivity contribution in [2.24, 2.45) is 10.7 Å². The standard InChI is InChI=1S/C23H37FN6.HI/c1-27-13-9-23(10-14-27,30-11-3-2-4-12-30)19-26-22(25)29-17-15-28(16-18-29)21-7-5-20(24)6-8-21;/h5-8H,2-4,9-19H2,1H3,(H2,25,26);1H. The summed E-state index contributed by atoms with van der Waals surface area (Å²) in [6.07, 6.45) is 6.33. The molecule has 6 nitrogen and oxygen atoms in total. The van der Waals surface area contributed by atoms with Crippen molar-refractivity contribution in [3.8, 4) is 0 Å². The van der Waals surface area contributed by atoms with Crippen LogP contribution in [0.4, 0.5) is 10.1 Å². The minimum atomic E-state index is -0.190. The fraction of sp³-hybridized carbons (Fsp3) is 0.696. The van der Waals surface area contributed by atoms with E-state index < -0.39 is 0 Å². The number of hydrogen-bond acceptors (Lipinski definition) is 4. The van der Waals surface area contributed by atoms with Gasteiger partial charge in [-0.2, -0.15) is 0 Å². The summed E-state index contributed by atoms with van der Waals surface area (Å²) in [4.78, 5) is 14.6. The predicted molar refractivity (Wildman–Crippen MR) is 137 cm³/mol. The zero-order valence-electron chi connectivity index (χ0n) is 18.8. The maximum Gasteiger partial charge on any atom is 0.191 e. The molecule has 0 saturated carbocycles. The normalized spacial score (nSPS) is 23.5. The van der Waals surface area contributed by atoms with E-state index in [-0.39, 0.29) is 35.3 Å². The number of nitrogens with zero attached hydrogens (tertiary/aromatic N) is 5. The maximum absolute atomic E-state index is 13.2. The number of benzene rings is 1. The van der Waals surface area contributed by atoms with Gasteiger partial charge in [-0.05, 0) is 83.2 Å². The van der Waals surface area contributed by atoms with Crippen molar-refractivity contribution in [1.29, 1.82) is 0 Å². The van der Waals surface area contributed by atoms with Crippen molar-refractivity contribution in [3.63, 3.8) is 0 Å². The van der Waals surface area contributed by atoms with E-state index in [1.807, 2.05) is 12.1 Å². The lowest BCUT2D eigenvalue weighted by molar-refractivity contribution is 0.0207. The third-order valence-electron chi connectivity index (χ3n) is 7.28. The van der Waals surface area contributed by atoms with Crippen LogP contribution in [-0.4, -0.2) is 92.1 Å². The van der Waals surface area contributed by atoms with Gasteiger partial charge in [-0.15, -0.1) is 24.0 Å². The van der Waals surface area contributed by atoms with Crippen molar-refractivity contribution >= 4 is 35.6 Å². The molecule has 0 unspecified atom stereocenters. The SMILES string of the molecule is CN1CCC(CN=C(N)N2CCN(c3ccc(F)cc3)CC2)(N2CCCCC2)CC1.I. The van der Waals surface area contributed by atoms with Gasteiger partial charge in [-0.3, -0.25) is 9.89 Å². The lowest BCUT2D eigenvalue weighted by Gasteiger charge is -2.49. The van der Waals surface area contributed by atoms with Crippen LogP contribution in [-0.2, 0) is 0 Å². The molecule has 0 atom stereocenters. The number of rotatable bonds is 4. The fourth-order valence-electron chi connectivity index (χ4n) is 5.15. The van der Waals surface area contributed by atoms with Gasteiger partial charge >= 0.3 is 0 Å². The van der Waals surface area contributed by atoms with Gasteiger partial charge in [0.2, 0.25) is 0 Å². The molecular formula is C23H38FIN6. The topological polar surface area (TPSA) is 51.3 Å². The smallest absolute Gasteiger partial charge is 0.191 e. The molecule has 174 valence electrons. The molecule has 4 rings (SSSR count). The van der Waals surface area contributed by atoms with Crippen LogP contribution in [0.5, 0.6) is 0 Å². The summed E-state index contributed by atoms with van der Waals surface area (Å²) < 4.78 is 13.2. The van der Waals surface area contributed by atoms with Crippen molar-refractivity contribution in [3.05, 3.63) is 30.1 Å².